The van der Waals surface area contributed by atoms with Crippen LogP contribution in [0.4, 0.5) is 5.69 Å². The molecule has 0 saturated carbocycles. The maximum Gasteiger partial charge on any atom is 0.153 e. The summed E-state index contributed by atoms with van der Waals surface area (Å²) < 4.78 is 0. The highest BCUT2D eigenvalue weighted by atomic mass is 35.5. The van der Waals surface area contributed by atoms with E-state index in [-0.39, 0.29) is 10.8 Å². The fraction of sp³-hybridized carbons (Fsp3) is 0.375. The van der Waals surface area contributed by atoms with Gasteiger partial charge in [-0.1, -0.05) is 30.1 Å². The molecule has 1 aromatic rings. The predicted molar refractivity (Wildman–Crippen MR) is 55.3 cm³/mol. The minimum atomic E-state index is 0.149. The highest BCUT2D eigenvalue weighted by Crippen LogP contribution is 2.31. The average molecular weight is 220 g/mol. The van der Waals surface area contributed by atoms with E-state index in [2.05, 4.69) is 4.98 Å². The number of hydrogen-bond acceptors (Lipinski definition) is 3. The van der Waals surface area contributed by atoms with Gasteiger partial charge in [0.05, 0.1) is 10.7 Å². The van der Waals surface area contributed by atoms with E-state index in [0.29, 0.717) is 11.6 Å². The lowest BCUT2D eigenvalue weighted by Crippen LogP contribution is -2.16. The molecule has 1 rings (SSSR count). The van der Waals surface area contributed by atoms with Crippen molar-refractivity contribution in [3.05, 3.63) is 27.6 Å². The number of pyridine rings is 1. The van der Waals surface area contributed by atoms with Gasteiger partial charge in [0.1, 0.15) is 0 Å². The van der Waals surface area contributed by atoms with Crippen LogP contribution in [0.2, 0.25) is 10.2 Å². The Morgan fingerprint density at radius 1 is 1.54 bits per heavy atom. The van der Waals surface area contributed by atoms with Crippen molar-refractivity contribution in [1.29, 1.82) is 0 Å². The van der Waals surface area contributed by atoms with Gasteiger partial charge in [-0.2, -0.15) is 0 Å². The Kier molecular flexibility index (Phi) is 3.78. The molecule has 0 aliphatic rings. The monoisotopic (exact) mass is 219 g/mol. The molecule has 1 aromatic heterocycles. The maximum absolute atomic E-state index is 11.4. The van der Waals surface area contributed by atoms with Crippen LogP contribution in [0, 0.1) is 5.21 Å². The summed E-state index contributed by atoms with van der Waals surface area (Å²) in [6.45, 7) is 2.27. The lowest BCUT2D eigenvalue weighted by molar-refractivity contribution is 0.881. The van der Waals surface area contributed by atoms with Crippen molar-refractivity contribution in [3.8, 4) is 0 Å². The largest absolute Gasteiger partial charge is 0.758 e. The summed E-state index contributed by atoms with van der Waals surface area (Å²) in [4.78, 5) is 3.78. The Morgan fingerprint density at radius 2 is 2.23 bits per heavy atom. The van der Waals surface area contributed by atoms with Crippen molar-refractivity contribution in [1.82, 2.24) is 4.98 Å². The molecule has 0 saturated heterocycles. The number of anilines is 1. The lowest BCUT2D eigenvalue weighted by atomic mass is 10.4. The quantitative estimate of drug-likeness (QED) is 0.580. The zero-order chi connectivity index (χ0) is 9.84. The van der Waals surface area contributed by atoms with Gasteiger partial charge in [0.25, 0.3) is 0 Å². The first-order valence-corrected chi connectivity index (χ1v) is 4.67. The third-order valence-corrected chi connectivity index (χ3v) is 2.09. The fourth-order valence-corrected chi connectivity index (χ4v) is 1.48. The summed E-state index contributed by atoms with van der Waals surface area (Å²) in [7, 11) is 0. The summed E-state index contributed by atoms with van der Waals surface area (Å²) in [5.74, 6) is 0. The lowest BCUT2D eigenvalue weighted by Gasteiger charge is -2.31. The summed E-state index contributed by atoms with van der Waals surface area (Å²) in [5.41, 5.74) is 0.257. The number of aromatic nitrogens is 1. The standard InChI is InChI=1S/C8H9Cl2N2O/c1-2-5-12(13)7-6(9)3-4-11-8(7)10/h3-4H,2,5H2,1H3/q-1. The summed E-state index contributed by atoms with van der Waals surface area (Å²) in [6.07, 6.45) is 2.21. The van der Waals surface area contributed by atoms with Gasteiger partial charge in [0.2, 0.25) is 0 Å². The molecule has 72 valence electrons. The molecule has 0 aliphatic carbocycles. The van der Waals surface area contributed by atoms with Crippen molar-refractivity contribution in [2.24, 2.45) is 0 Å². The molecule has 5 heteroatoms. The number of hydrogen-bond donors (Lipinski definition) is 0. The van der Waals surface area contributed by atoms with Gasteiger partial charge in [-0.05, 0) is 12.5 Å². The van der Waals surface area contributed by atoms with E-state index >= 15 is 0 Å². The Bertz CT molecular complexity index is 273. The molecule has 0 radical (unpaired) electrons. The van der Waals surface area contributed by atoms with Gasteiger partial charge in [-0.3, -0.25) is 0 Å². The van der Waals surface area contributed by atoms with Gasteiger partial charge >= 0.3 is 0 Å². The second kappa shape index (κ2) is 4.65. The molecule has 0 aliphatic heterocycles. The van der Waals surface area contributed by atoms with E-state index in [1.54, 1.807) is 6.07 Å². The highest BCUT2D eigenvalue weighted by Gasteiger charge is 2.06. The van der Waals surface area contributed by atoms with E-state index in [1.807, 2.05) is 6.92 Å². The van der Waals surface area contributed by atoms with Crippen LogP contribution in [0.1, 0.15) is 13.3 Å². The van der Waals surface area contributed by atoms with Crippen LogP contribution in [-0.4, -0.2) is 11.5 Å². The van der Waals surface area contributed by atoms with E-state index < -0.39 is 0 Å². The first-order chi connectivity index (χ1) is 6.16. The van der Waals surface area contributed by atoms with E-state index in [1.165, 1.54) is 6.20 Å². The highest BCUT2D eigenvalue weighted by molar-refractivity contribution is 6.38. The second-order valence-corrected chi connectivity index (χ2v) is 3.30. The zero-order valence-electron chi connectivity index (χ0n) is 7.13. The predicted octanol–water partition coefficient (Wildman–Crippen LogP) is 3.10. The molecule has 0 bridgehead atoms. The molecule has 0 aromatic carbocycles. The van der Waals surface area contributed by atoms with Gasteiger partial charge in [-0.25, -0.2) is 4.98 Å². The van der Waals surface area contributed by atoms with Crippen molar-refractivity contribution in [3.63, 3.8) is 0 Å². The van der Waals surface area contributed by atoms with Crippen molar-refractivity contribution in [2.75, 3.05) is 11.6 Å². The second-order valence-electron chi connectivity index (χ2n) is 2.53. The topological polar surface area (TPSA) is 39.2 Å². The van der Waals surface area contributed by atoms with E-state index in [9.17, 15) is 5.21 Å². The van der Waals surface area contributed by atoms with Gasteiger partial charge in [-0.15, -0.1) is 0 Å². The Labute approximate surface area is 86.9 Å². The van der Waals surface area contributed by atoms with Gasteiger partial charge < -0.3 is 10.3 Å². The average Bonchev–Trinajstić information content (AvgIpc) is 2.04. The zero-order valence-corrected chi connectivity index (χ0v) is 8.64. The number of nitrogens with zero attached hydrogens (tertiary/aromatic N) is 2. The molecule has 0 N–H and O–H groups in total. The van der Waals surface area contributed by atoms with Crippen LogP contribution in [0.3, 0.4) is 0 Å². The van der Waals surface area contributed by atoms with Gasteiger partial charge in [0, 0.05) is 12.7 Å². The molecule has 0 amide bonds. The third-order valence-electron chi connectivity index (χ3n) is 1.51. The molecule has 0 unspecified atom stereocenters. The Balaban J connectivity index is 2.98. The van der Waals surface area contributed by atoms with Crippen LogP contribution >= 0.6 is 23.2 Å². The van der Waals surface area contributed by atoms with E-state index in [0.717, 1.165) is 11.5 Å². The number of halogens is 2. The molecule has 1 heterocycles. The SMILES string of the molecule is CCCN([O-])c1c(Cl)ccnc1Cl. The van der Waals surface area contributed by atoms with Crippen LogP contribution in [0.15, 0.2) is 12.3 Å². The first-order valence-electron chi connectivity index (χ1n) is 3.91. The molecule has 0 spiro atoms. The van der Waals surface area contributed by atoms with Crippen LogP contribution < -0.4 is 5.06 Å². The minimum absolute atomic E-state index is 0.149. The molecule has 0 fully saturated rings. The molecule has 0 atom stereocenters. The third kappa shape index (κ3) is 2.46. The molecular formula is C8H9Cl2N2O-. The number of hydroxylamine groups is 1. The van der Waals surface area contributed by atoms with Gasteiger partial charge in [0.15, 0.2) is 5.15 Å². The van der Waals surface area contributed by atoms with E-state index in [4.69, 9.17) is 23.2 Å². The van der Waals surface area contributed by atoms with Crippen LogP contribution in [-0.2, 0) is 0 Å². The first kappa shape index (κ1) is 10.6. The molecule has 3 nitrogen and oxygen atoms in total. The smallest absolute Gasteiger partial charge is 0.153 e. The Morgan fingerprint density at radius 3 is 2.77 bits per heavy atom. The summed E-state index contributed by atoms with van der Waals surface area (Å²) in [6, 6.07) is 1.54. The van der Waals surface area contributed by atoms with Crippen molar-refractivity contribution in [2.45, 2.75) is 13.3 Å². The molecule has 13 heavy (non-hydrogen) atoms. The number of rotatable bonds is 3. The Hall–Kier alpha value is -0.510. The molecular weight excluding hydrogens is 211 g/mol. The maximum atomic E-state index is 11.4. The summed E-state index contributed by atoms with van der Waals surface area (Å²) in [5, 5.41) is 12.6. The van der Waals surface area contributed by atoms with Crippen molar-refractivity contribution < 1.29 is 0 Å². The minimum Gasteiger partial charge on any atom is -0.758 e. The fourth-order valence-electron chi connectivity index (χ4n) is 0.944. The van der Waals surface area contributed by atoms with Crippen LogP contribution in [0.25, 0.3) is 0 Å². The summed E-state index contributed by atoms with van der Waals surface area (Å²) >= 11 is 11.5. The van der Waals surface area contributed by atoms with Crippen molar-refractivity contribution >= 4 is 28.9 Å². The van der Waals surface area contributed by atoms with Crippen LogP contribution in [0.5, 0.6) is 0 Å². The normalized spacial score (nSPS) is 10.2.